The molecule has 3 heteroatoms. The fourth-order valence-electron chi connectivity index (χ4n) is 1.90. The molecule has 1 atom stereocenters. The summed E-state index contributed by atoms with van der Waals surface area (Å²) in [5.74, 6) is 0. The molecule has 3 N–H and O–H groups in total. The summed E-state index contributed by atoms with van der Waals surface area (Å²) in [7, 11) is 0. The number of nitrogens with zero attached hydrogens (tertiary/aromatic N) is 1. The molecule has 2 rings (SSSR count). The summed E-state index contributed by atoms with van der Waals surface area (Å²) in [6.45, 7) is 2.25. The maximum atomic E-state index is 9.62. The molecule has 0 aliphatic rings. The van der Waals surface area contributed by atoms with Crippen LogP contribution in [-0.2, 0) is 6.42 Å². The average molecular weight is 216 g/mol. The Kier molecular flexibility index (Phi) is 3.17. The second kappa shape index (κ2) is 4.60. The van der Waals surface area contributed by atoms with Crippen LogP contribution in [-0.4, -0.2) is 22.7 Å². The highest BCUT2D eigenvalue weighted by molar-refractivity contribution is 5.82. The molecule has 3 nitrogen and oxygen atoms in total. The Hall–Kier alpha value is -1.45. The number of aryl methyl sites for hydroxylation is 1. The summed E-state index contributed by atoms with van der Waals surface area (Å²) in [5, 5.41) is 10.7. The van der Waals surface area contributed by atoms with Crippen molar-refractivity contribution in [3.63, 3.8) is 0 Å². The minimum atomic E-state index is -0.481. The number of fused-ring (bicyclic) bond motifs is 1. The maximum absolute atomic E-state index is 9.62. The van der Waals surface area contributed by atoms with Gasteiger partial charge in [0.1, 0.15) is 0 Å². The second-order valence-corrected chi connectivity index (χ2v) is 4.03. The van der Waals surface area contributed by atoms with Gasteiger partial charge in [-0.15, -0.1) is 0 Å². The van der Waals surface area contributed by atoms with Crippen LogP contribution in [0, 0.1) is 6.92 Å². The number of aliphatic hydroxyl groups excluding tert-OH is 1. The van der Waals surface area contributed by atoms with Crippen molar-refractivity contribution in [3.05, 3.63) is 41.6 Å². The number of aromatic nitrogens is 1. The summed E-state index contributed by atoms with van der Waals surface area (Å²) in [5.41, 5.74) is 8.49. The van der Waals surface area contributed by atoms with E-state index in [9.17, 15) is 5.11 Å². The highest BCUT2D eigenvalue weighted by Gasteiger charge is 2.08. The Morgan fingerprint density at radius 2 is 2.12 bits per heavy atom. The molecule has 0 aliphatic heterocycles. The smallest absolute Gasteiger partial charge is 0.0707 e. The van der Waals surface area contributed by atoms with Gasteiger partial charge in [0.25, 0.3) is 0 Å². The number of benzene rings is 1. The molecule has 0 saturated heterocycles. The van der Waals surface area contributed by atoms with Crippen LogP contribution in [0.5, 0.6) is 0 Å². The molecule has 0 saturated carbocycles. The van der Waals surface area contributed by atoms with Crippen molar-refractivity contribution < 1.29 is 5.11 Å². The molecular weight excluding hydrogens is 200 g/mol. The van der Waals surface area contributed by atoms with Crippen molar-refractivity contribution in [2.75, 3.05) is 6.54 Å². The van der Waals surface area contributed by atoms with Crippen molar-refractivity contribution in [2.45, 2.75) is 19.4 Å². The summed E-state index contributed by atoms with van der Waals surface area (Å²) < 4.78 is 0. The molecular formula is C13H16N2O. The largest absolute Gasteiger partial charge is 0.391 e. The van der Waals surface area contributed by atoms with E-state index in [1.54, 1.807) is 0 Å². The van der Waals surface area contributed by atoms with E-state index < -0.39 is 6.10 Å². The lowest BCUT2D eigenvalue weighted by Crippen LogP contribution is -2.22. The van der Waals surface area contributed by atoms with Gasteiger partial charge in [0.2, 0.25) is 0 Å². The molecule has 16 heavy (non-hydrogen) atoms. The van der Waals surface area contributed by atoms with Gasteiger partial charge in [0.05, 0.1) is 11.6 Å². The lowest BCUT2D eigenvalue weighted by molar-refractivity contribution is 0.184. The molecule has 0 spiro atoms. The first kappa shape index (κ1) is 11.0. The van der Waals surface area contributed by atoms with Crippen LogP contribution >= 0.6 is 0 Å². The van der Waals surface area contributed by atoms with Crippen LogP contribution in [0.25, 0.3) is 10.9 Å². The molecule has 1 heterocycles. The van der Waals surface area contributed by atoms with Crippen LogP contribution in [0.1, 0.15) is 11.3 Å². The van der Waals surface area contributed by atoms with E-state index in [-0.39, 0.29) is 6.54 Å². The Balaban J connectivity index is 2.50. The van der Waals surface area contributed by atoms with Crippen molar-refractivity contribution in [3.8, 4) is 0 Å². The maximum Gasteiger partial charge on any atom is 0.0707 e. The first-order valence-corrected chi connectivity index (χ1v) is 5.44. The first-order valence-electron chi connectivity index (χ1n) is 5.44. The van der Waals surface area contributed by atoms with Crippen LogP contribution in [0.3, 0.4) is 0 Å². The van der Waals surface area contributed by atoms with E-state index in [2.05, 4.69) is 4.98 Å². The highest BCUT2D eigenvalue weighted by Crippen LogP contribution is 2.19. The van der Waals surface area contributed by atoms with Gasteiger partial charge in [-0.3, -0.25) is 4.98 Å². The minimum Gasteiger partial charge on any atom is -0.391 e. The Labute approximate surface area is 94.9 Å². The Morgan fingerprint density at radius 1 is 1.38 bits per heavy atom. The average Bonchev–Trinajstić information content (AvgIpc) is 2.28. The molecule has 1 aromatic heterocycles. The number of hydrogen-bond donors (Lipinski definition) is 2. The van der Waals surface area contributed by atoms with Crippen molar-refractivity contribution in [1.29, 1.82) is 0 Å². The van der Waals surface area contributed by atoms with Gasteiger partial charge in [0.15, 0.2) is 0 Å². The first-order chi connectivity index (χ1) is 7.70. The Morgan fingerprint density at radius 3 is 2.88 bits per heavy atom. The number of nitrogens with two attached hydrogens (primary N) is 1. The fourth-order valence-corrected chi connectivity index (χ4v) is 1.90. The number of para-hydroxylation sites is 1. The zero-order valence-corrected chi connectivity index (χ0v) is 9.35. The summed E-state index contributed by atoms with van der Waals surface area (Å²) in [6, 6.07) is 9.98. The zero-order chi connectivity index (χ0) is 11.5. The zero-order valence-electron chi connectivity index (χ0n) is 9.35. The molecule has 0 amide bonds. The number of aliphatic hydroxyl groups is 1. The molecule has 0 bridgehead atoms. The van der Waals surface area contributed by atoms with Crippen LogP contribution in [0.15, 0.2) is 30.3 Å². The highest BCUT2D eigenvalue weighted by atomic mass is 16.3. The topological polar surface area (TPSA) is 59.1 Å². The Bertz CT molecular complexity index is 496. The van der Waals surface area contributed by atoms with Gasteiger partial charge in [-0.1, -0.05) is 18.2 Å². The van der Waals surface area contributed by atoms with Crippen molar-refractivity contribution in [1.82, 2.24) is 4.98 Å². The predicted octanol–water partition coefficient (Wildman–Crippen LogP) is 1.41. The standard InChI is InChI=1S/C13H16N2O/c1-9-6-10(7-11(16)8-14)12-4-2-3-5-13(12)15-9/h2-6,11,16H,7-8,14H2,1H3. The minimum absolute atomic E-state index is 0.287. The van der Waals surface area contributed by atoms with Gasteiger partial charge in [0, 0.05) is 24.0 Å². The number of rotatable bonds is 3. The molecule has 0 aliphatic carbocycles. The SMILES string of the molecule is Cc1cc(CC(O)CN)c2ccccc2n1. The van der Waals surface area contributed by atoms with Crippen molar-refractivity contribution >= 4 is 10.9 Å². The van der Waals surface area contributed by atoms with Crippen LogP contribution in [0.4, 0.5) is 0 Å². The normalized spacial score (nSPS) is 12.9. The van der Waals surface area contributed by atoms with Gasteiger partial charge in [-0.25, -0.2) is 0 Å². The molecule has 1 unspecified atom stereocenters. The van der Waals surface area contributed by atoms with Crippen molar-refractivity contribution in [2.24, 2.45) is 5.73 Å². The number of hydrogen-bond acceptors (Lipinski definition) is 3. The number of pyridine rings is 1. The third-order valence-electron chi connectivity index (χ3n) is 2.66. The molecule has 1 aromatic carbocycles. The quantitative estimate of drug-likeness (QED) is 0.815. The van der Waals surface area contributed by atoms with Crippen LogP contribution < -0.4 is 5.73 Å². The lowest BCUT2D eigenvalue weighted by atomic mass is 10.0. The van der Waals surface area contributed by atoms with Gasteiger partial charge < -0.3 is 10.8 Å². The third kappa shape index (κ3) is 2.21. The summed E-state index contributed by atoms with van der Waals surface area (Å²) in [6.07, 6.45) is 0.102. The molecule has 0 radical (unpaired) electrons. The van der Waals surface area contributed by atoms with Gasteiger partial charge in [-0.05, 0) is 24.6 Å². The van der Waals surface area contributed by atoms with E-state index in [1.165, 1.54) is 0 Å². The molecule has 0 fully saturated rings. The third-order valence-corrected chi connectivity index (χ3v) is 2.66. The van der Waals surface area contributed by atoms with Crippen LogP contribution in [0.2, 0.25) is 0 Å². The molecule has 84 valence electrons. The fraction of sp³-hybridized carbons (Fsp3) is 0.308. The predicted molar refractivity (Wildman–Crippen MR) is 65.2 cm³/mol. The van der Waals surface area contributed by atoms with E-state index in [1.807, 2.05) is 37.3 Å². The van der Waals surface area contributed by atoms with E-state index in [4.69, 9.17) is 5.73 Å². The van der Waals surface area contributed by atoms with E-state index >= 15 is 0 Å². The monoisotopic (exact) mass is 216 g/mol. The van der Waals surface area contributed by atoms with Gasteiger partial charge >= 0.3 is 0 Å². The van der Waals surface area contributed by atoms with E-state index in [0.717, 1.165) is 22.2 Å². The molecule has 2 aromatic rings. The summed E-state index contributed by atoms with van der Waals surface area (Å²) in [4.78, 5) is 4.46. The second-order valence-electron chi connectivity index (χ2n) is 4.03. The van der Waals surface area contributed by atoms with E-state index in [0.29, 0.717) is 6.42 Å². The summed E-state index contributed by atoms with van der Waals surface area (Å²) >= 11 is 0. The van der Waals surface area contributed by atoms with Gasteiger partial charge in [-0.2, -0.15) is 0 Å². The lowest BCUT2D eigenvalue weighted by Gasteiger charge is -2.11.